The Hall–Kier alpha value is -2.02. The van der Waals surface area contributed by atoms with Crippen molar-refractivity contribution in [1.29, 1.82) is 0 Å². The topological polar surface area (TPSA) is 38.2 Å². The molecule has 0 unspecified atom stereocenters. The maximum Gasteiger partial charge on any atom is 0.421 e. The third-order valence-corrected chi connectivity index (χ3v) is 3.35. The van der Waals surface area contributed by atoms with Crippen molar-refractivity contribution < 1.29 is 17.9 Å². The minimum Gasteiger partial charge on any atom is -0.463 e. The number of anilines is 2. The van der Waals surface area contributed by atoms with Crippen LogP contribution in [0.15, 0.2) is 30.5 Å². The van der Waals surface area contributed by atoms with Gasteiger partial charge in [0.15, 0.2) is 5.82 Å². The van der Waals surface area contributed by atoms with Crippen LogP contribution in [-0.2, 0) is 6.18 Å². The molecule has 8 heteroatoms. The first-order valence-corrected chi connectivity index (χ1v) is 7.62. The summed E-state index contributed by atoms with van der Waals surface area (Å²) < 4.78 is 45.2. The van der Waals surface area contributed by atoms with Gasteiger partial charge in [-0.3, -0.25) is 0 Å². The molecule has 0 radical (unpaired) electrons. The van der Waals surface area contributed by atoms with Gasteiger partial charge in [0.25, 0.3) is 0 Å². The monoisotopic (exact) mass is 359 g/mol. The highest BCUT2D eigenvalue weighted by molar-refractivity contribution is 6.30. The largest absolute Gasteiger partial charge is 0.463 e. The second-order valence-electron chi connectivity index (χ2n) is 5.63. The van der Waals surface area contributed by atoms with Gasteiger partial charge in [-0.25, -0.2) is 4.98 Å². The molecule has 130 valence electrons. The van der Waals surface area contributed by atoms with Crippen molar-refractivity contribution in [2.24, 2.45) is 5.92 Å². The molecule has 24 heavy (non-hydrogen) atoms. The van der Waals surface area contributed by atoms with Gasteiger partial charge in [0.2, 0.25) is 0 Å². The van der Waals surface area contributed by atoms with Crippen LogP contribution in [0.2, 0.25) is 5.02 Å². The number of aromatic nitrogens is 2. The Bertz CT molecular complexity index is 707. The van der Waals surface area contributed by atoms with Crippen molar-refractivity contribution in [2.45, 2.75) is 20.0 Å². The van der Waals surface area contributed by atoms with E-state index < -0.39 is 11.7 Å². The Kier molecular flexibility index (Phi) is 5.54. The van der Waals surface area contributed by atoms with Gasteiger partial charge in [-0.1, -0.05) is 31.5 Å². The maximum atomic E-state index is 13.3. The number of rotatable bonds is 5. The molecular formula is C16H17ClF3N3O. The van der Waals surface area contributed by atoms with Crippen molar-refractivity contribution in [2.75, 3.05) is 18.6 Å². The van der Waals surface area contributed by atoms with E-state index in [9.17, 15) is 13.2 Å². The maximum absolute atomic E-state index is 13.3. The average Bonchev–Trinajstić information content (AvgIpc) is 2.51. The summed E-state index contributed by atoms with van der Waals surface area (Å²) in [5.74, 6) is -0.0940. The molecule has 0 aliphatic heterocycles. The summed E-state index contributed by atoms with van der Waals surface area (Å²) in [6, 6.07) is 6.39. The molecule has 1 aromatic carbocycles. The van der Waals surface area contributed by atoms with E-state index in [1.165, 1.54) is 11.9 Å². The van der Waals surface area contributed by atoms with Gasteiger partial charge in [0.1, 0.15) is 5.56 Å². The van der Waals surface area contributed by atoms with Crippen LogP contribution in [0.25, 0.3) is 0 Å². The summed E-state index contributed by atoms with van der Waals surface area (Å²) in [6.07, 6.45) is -3.85. The first-order valence-electron chi connectivity index (χ1n) is 7.25. The van der Waals surface area contributed by atoms with Crippen molar-refractivity contribution in [3.8, 4) is 6.01 Å². The Morgan fingerprint density at radius 3 is 2.58 bits per heavy atom. The number of hydrogen-bond donors (Lipinski definition) is 0. The van der Waals surface area contributed by atoms with Crippen molar-refractivity contribution >= 4 is 23.1 Å². The molecule has 2 rings (SSSR count). The van der Waals surface area contributed by atoms with Gasteiger partial charge < -0.3 is 9.64 Å². The third kappa shape index (κ3) is 4.50. The molecule has 4 nitrogen and oxygen atoms in total. The molecule has 0 amide bonds. The summed E-state index contributed by atoms with van der Waals surface area (Å²) in [6.45, 7) is 4.15. The highest BCUT2D eigenvalue weighted by Crippen LogP contribution is 2.38. The second-order valence-corrected chi connectivity index (χ2v) is 6.07. The first kappa shape index (κ1) is 18.3. The van der Waals surface area contributed by atoms with E-state index in [1.54, 1.807) is 24.3 Å². The SMILES string of the molecule is CC(C)COc1ncc(C(F)(F)F)c(N(C)c2cccc(Cl)c2)n1. The Morgan fingerprint density at radius 2 is 2.00 bits per heavy atom. The van der Waals surface area contributed by atoms with Crippen LogP contribution >= 0.6 is 11.6 Å². The molecule has 0 saturated carbocycles. The Balaban J connectivity index is 2.45. The van der Waals surface area contributed by atoms with E-state index in [0.29, 0.717) is 17.3 Å². The van der Waals surface area contributed by atoms with Gasteiger partial charge in [0.05, 0.1) is 6.61 Å². The molecule has 0 bridgehead atoms. The smallest absolute Gasteiger partial charge is 0.421 e. The molecule has 1 heterocycles. The number of ether oxygens (including phenoxy) is 1. The van der Waals surface area contributed by atoms with Gasteiger partial charge >= 0.3 is 12.2 Å². The molecule has 0 atom stereocenters. The number of halogens is 4. The predicted molar refractivity (Wildman–Crippen MR) is 86.9 cm³/mol. The van der Waals surface area contributed by atoms with Gasteiger partial charge in [-0.05, 0) is 24.1 Å². The van der Waals surface area contributed by atoms with Crippen LogP contribution in [0.3, 0.4) is 0 Å². The predicted octanol–water partition coefficient (Wildman–Crippen LogP) is 4.95. The van der Waals surface area contributed by atoms with Crippen molar-refractivity contribution in [1.82, 2.24) is 9.97 Å². The van der Waals surface area contributed by atoms with Gasteiger partial charge in [0, 0.05) is 24.0 Å². The lowest BCUT2D eigenvalue weighted by Gasteiger charge is -2.22. The highest BCUT2D eigenvalue weighted by atomic mass is 35.5. The third-order valence-electron chi connectivity index (χ3n) is 3.11. The van der Waals surface area contributed by atoms with Crippen LogP contribution in [0.5, 0.6) is 6.01 Å². The average molecular weight is 360 g/mol. The number of benzene rings is 1. The summed E-state index contributed by atoms with van der Waals surface area (Å²) in [4.78, 5) is 8.92. The lowest BCUT2D eigenvalue weighted by molar-refractivity contribution is -0.137. The standard InChI is InChI=1S/C16H17ClF3N3O/c1-10(2)9-24-15-21-8-13(16(18,19)20)14(22-15)23(3)12-6-4-5-11(17)7-12/h4-8,10H,9H2,1-3H3. The minimum atomic E-state index is -4.58. The highest BCUT2D eigenvalue weighted by Gasteiger charge is 2.36. The second kappa shape index (κ2) is 7.25. The fourth-order valence-corrected chi connectivity index (χ4v) is 2.12. The molecule has 0 N–H and O–H groups in total. The van der Waals surface area contributed by atoms with Gasteiger partial charge in [-0.15, -0.1) is 0 Å². The molecule has 0 fully saturated rings. The number of hydrogen-bond acceptors (Lipinski definition) is 4. The van der Waals surface area contributed by atoms with E-state index in [4.69, 9.17) is 16.3 Å². The fourth-order valence-electron chi connectivity index (χ4n) is 1.93. The molecule has 2 aromatic rings. The zero-order chi connectivity index (χ0) is 17.9. The summed E-state index contributed by atoms with van der Waals surface area (Å²) in [5.41, 5.74) is -0.469. The zero-order valence-corrected chi connectivity index (χ0v) is 14.2. The molecule has 0 spiro atoms. The summed E-state index contributed by atoms with van der Waals surface area (Å²) >= 11 is 5.92. The van der Waals surface area contributed by atoms with E-state index in [0.717, 1.165) is 6.20 Å². The lowest BCUT2D eigenvalue weighted by Crippen LogP contribution is -2.19. The van der Waals surface area contributed by atoms with Crippen LogP contribution < -0.4 is 9.64 Å². The van der Waals surface area contributed by atoms with Crippen molar-refractivity contribution in [3.05, 3.63) is 41.0 Å². The molecule has 0 aliphatic carbocycles. The van der Waals surface area contributed by atoms with E-state index in [-0.39, 0.29) is 17.7 Å². The van der Waals surface area contributed by atoms with Crippen molar-refractivity contribution in [3.63, 3.8) is 0 Å². The summed E-state index contributed by atoms with van der Waals surface area (Å²) in [7, 11) is 1.48. The van der Waals surface area contributed by atoms with Crippen LogP contribution in [-0.4, -0.2) is 23.6 Å². The molecule has 1 aromatic heterocycles. The number of nitrogens with zero attached hydrogens (tertiary/aromatic N) is 3. The Labute approximate surface area is 143 Å². The fraction of sp³-hybridized carbons (Fsp3) is 0.375. The van der Waals surface area contributed by atoms with E-state index >= 15 is 0 Å². The minimum absolute atomic E-state index is 0.0967. The van der Waals surface area contributed by atoms with Gasteiger partial charge in [-0.2, -0.15) is 18.2 Å². The van der Waals surface area contributed by atoms with E-state index in [2.05, 4.69) is 9.97 Å². The first-order chi connectivity index (χ1) is 11.2. The molecule has 0 aliphatic rings. The normalized spacial score (nSPS) is 11.7. The lowest BCUT2D eigenvalue weighted by atomic mass is 10.2. The summed E-state index contributed by atoms with van der Waals surface area (Å²) in [5, 5.41) is 0.415. The van der Waals surface area contributed by atoms with Crippen LogP contribution in [0.1, 0.15) is 19.4 Å². The van der Waals surface area contributed by atoms with Crippen LogP contribution in [0.4, 0.5) is 24.7 Å². The van der Waals surface area contributed by atoms with E-state index in [1.807, 2.05) is 13.8 Å². The Morgan fingerprint density at radius 1 is 1.29 bits per heavy atom. The quantitative estimate of drug-likeness (QED) is 0.757. The van der Waals surface area contributed by atoms with Crippen LogP contribution in [0, 0.1) is 5.92 Å². The molecule has 0 saturated heterocycles. The number of alkyl halides is 3. The zero-order valence-electron chi connectivity index (χ0n) is 13.4. The molecular weight excluding hydrogens is 343 g/mol.